The van der Waals surface area contributed by atoms with Crippen LogP contribution in [0, 0.1) is 12.8 Å². The Kier molecular flexibility index (Phi) is 5.09. The van der Waals surface area contributed by atoms with E-state index in [1.54, 1.807) is 17.0 Å². The minimum Gasteiger partial charge on any atom is -0.504 e. The third-order valence-electron chi connectivity index (χ3n) is 10.1. The number of amides is 1. The average molecular weight is 501 g/mol. The molecule has 1 amide bonds. The number of likely N-dealkylation sites (tertiary alicyclic amines) is 1. The fraction of sp³-hybridized carbons (Fsp3) is 0.516. The smallest absolute Gasteiger partial charge is 0.246 e. The summed E-state index contributed by atoms with van der Waals surface area (Å²) < 4.78 is 6.62. The molecule has 2 saturated carbocycles. The van der Waals surface area contributed by atoms with Crippen molar-refractivity contribution < 1.29 is 19.7 Å². The molecule has 2 N–H and O–H groups in total. The molecule has 5 aliphatic rings. The summed E-state index contributed by atoms with van der Waals surface area (Å²) in [6, 6.07) is 11.7. The lowest BCUT2D eigenvalue weighted by Crippen LogP contribution is -2.78. The molecule has 6 heteroatoms. The second-order valence-electron chi connectivity index (χ2n) is 12.1. The second-order valence-corrected chi connectivity index (χ2v) is 12.1. The van der Waals surface area contributed by atoms with Crippen molar-refractivity contribution in [1.29, 1.82) is 0 Å². The van der Waals surface area contributed by atoms with Crippen molar-refractivity contribution in [2.75, 3.05) is 20.1 Å². The zero-order valence-corrected chi connectivity index (χ0v) is 21.7. The number of rotatable bonds is 5. The van der Waals surface area contributed by atoms with Gasteiger partial charge in [0.25, 0.3) is 0 Å². The van der Waals surface area contributed by atoms with E-state index in [2.05, 4.69) is 4.90 Å². The van der Waals surface area contributed by atoms with Crippen molar-refractivity contribution in [2.24, 2.45) is 5.92 Å². The molecule has 1 spiro atoms. The van der Waals surface area contributed by atoms with E-state index >= 15 is 0 Å². The Balaban J connectivity index is 1.24. The van der Waals surface area contributed by atoms with E-state index in [9.17, 15) is 15.0 Å². The van der Waals surface area contributed by atoms with Crippen molar-refractivity contribution in [2.45, 2.75) is 74.7 Å². The summed E-state index contributed by atoms with van der Waals surface area (Å²) in [6.45, 7) is 4.02. The average Bonchev–Trinajstić information content (AvgIpc) is 3.63. The van der Waals surface area contributed by atoms with E-state index in [0.717, 1.165) is 43.0 Å². The van der Waals surface area contributed by atoms with Gasteiger partial charge in [0, 0.05) is 31.3 Å². The Bertz CT molecular complexity index is 1280. The van der Waals surface area contributed by atoms with Crippen molar-refractivity contribution in [3.05, 3.63) is 64.7 Å². The van der Waals surface area contributed by atoms with Gasteiger partial charge in [-0.15, -0.1) is 0 Å². The van der Waals surface area contributed by atoms with Crippen LogP contribution in [0.25, 0.3) is 6.08 Å². The number of benzene rings is 2. The van der Waals surface area contributed by atoms with Gasteiger partial charge in [0.15, 0.2) is 11.5 Å². The van der Waals surface area contributed by atoms with Gasteiger partial charge in [0.05, 0.1) is 17.1 Å². The Morgan fingerprint density at radius 1 is 1.16 bits per heavy atom. The second kappa shape index (κ2) is 8.08. The molecular formula is C31H36N2O4. The summed E-state index contributed by atoms with van der Waals surface area (Å²) in [5.41, 5.74) is 2.81. The van der Waals surface area contributed by atoms with Crippen LogP contribution in [0.15, 0.2) is 42.5 Å². The number of phenols is 1. The summed E-state index contributed by atoms with van der Waals surface area (Å²) in [7, 11) is 1.85. The predicted molar refractivity (Wildman–Crippen MR) is 142 cm³/mol. The molecule has 1 saturated heterocycles. The first-order chi connectivity index (χ1) is 17.8. The molecule has 37 heavy (non-hydrogen) atoms. The molecule has 0 unspecified atom stereocenters. The third kappa shape index (κ3) is 3.28. The number of nitrogens with zero attached hydrogens (tertiary/aromatic N) is 2. The van der Waals surface area contributed by atoms with E-state index in [1.165, 1.54) is 24.0 Å². The fourth-order valence-electron chi connectivity index (χ4n) is 7.98. The first kappa shape index (κ1) is 23.3. The van der Waals surface area contributed by atoms with Crippen molar-refractivity contribution >= 4 is 12.0 Å². The minimum absolute atomic E-state index is 0.0410. The van der Waals surface area contributed by atoms with Gasteiger partial charge < -0.3 is 19.8 Å². The molecule has 7 rings (SSSR count). The van der Waals surface area contributed by atoms with Crippen LogP contribution in [0.5, 0.6) is 11.5 Å². The van der Waals surface area contributed by atoms with Gasteiger partial charge >= 0.3 is 0 Å². The highest BCUT2D eigenvalue weighted by molar-refractivity contribution is 5.92. The van der Waals surface area contributed by atoms with Crippen LogP contribution in [0.2, 0.25) is 0 Å². The van der Waals surface area contributed by atoms with Crippen molar-refractivity contribution in [1.82, 2.24) is 9.80 Å². The molecule has 0 radical (unpaired) electrons. The zero-order chi connectivity index (χ0) is 25.5. The molecule has 0 aromatic heterocycles. The maximum Gasteiger partial charge on any atom is 0.246 e. The number of aryl methyl sites for hydroxylation is 1. The number of carbonyl (C=O) groups is 1. The number of carbonyl (C=O) groups excluding carboxylic acids is 1. The molecule has 3 aliphatic carbocycles. The largest absolute Gasteiger partial charge is 0.504 e. The van der Waals surface area contributed by atoms with Crippen LogP contribution < -0.4 is 4.74 Å². The lowest BCUT2D eigenvalue weighted by molar-refractivity contribution is -0.200. The Morgan fingerprint density at radius 3 is 2.70 bits per heavy atom. The lowest BCUT2D eigenvalue weighted by Gasteiger charge is -2.64. The van der Waals surface area contributed by atoms with Gasteiger partial charge in [0.1, 0.15) is 6.10 Å². The summed E-state index contributed by atoms with van der Waals surface area (Å²) in [5.74, 6) is 1.34. The number of piperidine rings is 1. The standard InChI is InChI=1S/C31H36N2O4/c1-19-3-5-20(6-4-19)9-12-26(35)32(2)23-13-14-31(36)25-17-22-10-11-24(34)28-27(22)30(31,29(23)37-28)15-16-33(25)18-21-7-8-21/h3-6,9-12,21,23,25,29,34,36H,7-8,13-18H2,1-2H3/t23-,25-,29+,30+,31-/m1/s1. The molecule has 2 aromatic carbocycles. The Labute approximate surface area is 218 Å². The van der Waals surface area contributed by atoms with Gasteiger partial charge in [-0.1, -0.05) is 35.9 Å². The van der Waals surface area contributed by atoms with Crippen molar-refractivity contribution in [3.8, 4) is 11.5 Å². The maximum atomic E-state index is 13.4. The van der Waals surface area contributed by atoms with Gasteiger partial charge in [-0.25, -0.2) is 0 Å². The summed E-state index contributed by atoms with van der Waals surface area (Å²) >= 11 is 0. The van der Waals surface area contributed by atoms with E-state index in [0.29, 0.717) is 18.6 Å². The highest BCUT2D eigenvalue weighted by Crippen LogP contribution is 2.66. The van der Waals surface area contributed by atoms with Crippen LogP contribution in [0.3, 0.4) is 0 Å². The summed E-state index contributed by atoms with van der Waals surface area (Å²) in [5, 5.41) is 23.4. The molecule has 5 atom stereocenters. The van der Waals surface area contributed by atoms with Crippen molar-refractivity contribution in [3.63, 3.8) is 0 Å². The lowest BCUT2D eigenvalue weighted by atomic mass is 9.48. The Morgan fingerprint density at radius 2 is 1.95 bits per heavy atom. The normalized spacial score (nSPS) is 33.8. The molecule has 6 nitrogen and oxygen atoms in total. The van der Waals surface area contributed by atoms with Crippen LogP contribution in [0.4, 0.5) is 0 Å². The number of ether oxygens (including phenoxy) is 1. The Hall–Kier alpha value is -2.83. The van der Waals surface area contributed by atoms with Gasteiger partial charge in [-0.3, -0.25) is 9.69 Å². The third-order valence-corrected chi connectivity index (χ3v) is 10.1. The number of hydrogen-bond donors (Lipinski definition) is 2. The summed E-state index contributed by atoms with van der Waals surface area (Å²) in [4.78, 5) is 17.7. The van der Waals surface area contributed by atoms with E-state index in [1.807, 2.05) is 50.4 Å². The topological polar surface area (TPSA) is 73.2 Å². The van der Waals surface area contributed by atoms with Gasteiger partial charge in [0.2, 0.25) is 5.91 Å². The highest BCUT2D eigenvalue weighted by Gasteiger charge is 2.73. The number of aromatic hydroxyl groups is 1. The molecular weight excluding hydrogens is 464 g/mol. The molecule has 2 bridgehead atoms. The molecule has 2 aliphatic heterocycles. The molecule has 3 fully saturated rings. The maximum absolute atomic E-state index is 13.4. The first-order valence-corrected chi connectivity index (χ1v) is 13.8. The number of hydrogen-bond acceptors (Lipinski definition) is 5. The fourth-order valence-corrected chi connectivity index (χ4v) is 7.98. The van der Waals surface area contributed by atoms with Crippen LogP contribution >= 0.6 is 0 Å². The summed E-state index contributed by atoms with van der Waals surface area (Å²) in [6.07, 6.45) is 8.53. The van der Waals surface area contributed by atoms with Crippen LogP contribution in [0.1, 0.15) is 54.4 Å². The quantitative estimate of drug-likeness (QED) is 0.611. The van der Waals surface area contributed by atoms with E-state index in [-0.39, 0.29) is 29.8 Å². The van der Waals surface area contributed by atoms with E-state index < -0.39 is 11.0 Å². The number of likely N-dealkylation sites (N-methyl/N-ethyl adjacent to an activating group) is 1. The van der Waals surface area contributed by atoms with Gasteiger partial charge in [-0.2, -0.15) is 0 Å². The molecule has 194 valence electrons. The van der Waals surface area contributed by atoms with Crippen LogP contribution in [-0.4, -0.2) is 69.8 Å². The predicted octanol–water partition coefficient (Wildman–Crippen LogP) is 3.81. The van der Waals surface area contributed by atoms with Crippen LogP contribution in [-0.2, 0) is 16.6 Å². The number of phenolic OH excluding ortho intramolecular Hbond substituents is 1. The number of aliphatic hydroxyl groups is 1. The van der Waals surface area contributed by atoms with Gasteiger partial charge in [-0.05, 0) is 81.2 Å². The molecule has 2 aromatic rings. The SMILES string of the molecule is Cc1ccc(C=CC(=O)N(C)[C@@H]2CC[C@@]3(O)[C@H]4Cc5ccc(O)c6c5[C@@]3(CCN4CC3CC3)[C@H]2O6)cc1. The first-order valence-electron chi connectivity index (χ1n) is 13.8. The van der Waals surface area contributed by atoms with E-state index in [4.69, 9.17) is 4.74 Å². The highest BCUT2D eigenvalue weighted by atomic mass is 16.5. The monoisotopic (exact) mass is 500 g/mol. The minimum atomic E-state index is -0.936. The zero-order valence-electron chi connectivity index (χ0n) is 21.7. The molecule has 2 heterocycles.